The fourth-order valence-electron chi connectivity index (χ4n) is 1.89. The Kier molecular flexibility index (Phi) is 4.98. The smallest absolute Gasteiger partial charge is 0.387 e. The van der Waals surface area contributed by atoms with Gasteiger partial charge in [0.05, 0.1) is 7.11 Å². The van der Waals surface area contributed by atoms with Crippen LogP contribution in [0.15, 0.2) is 42.5 Å². The molecule has 0 heterocycles. The molecule has 112 valence electrons. The number of halogens is 2. The fraction of sp³-hybridized carbons (Fsp3) is 0.250. The largest absolute Gasteiger partial charge is 0.493 e. The second-order valence-corrected chi connectivity index (χ2v) is 4.58. The van der Waals surface area contributed by atoms with E-state index >= 15 is 0 Å². The van der Waals surface area contributed by atoms with E-state index in [-0.39, 0.29) is 11.5 Å². The van der Waals surface area contributed by atoms with Crippen molar-refractivity contribution in [3.8, 4) is 11.5 Å². The Morgan fingerprint density at radius 1 is 1.05 bits per heavy atom. The van der Waals surface area contributed by atoms with Crippen molar-refractivity contribution in [2.75, 3.05) is 12.4 Å². The van der Waals surface area contributed by atoms with E-state index in [1.807, 2.05) is 31.2 Å². The van der Waals surface area contributed by atoms with Crippen LogP contribution in [0.4, 0.5) is 14.5 Å². The third kappa shape index (κ3) is 4.34. The van der Waals surface area contributed by atoms with Crippen LogP contribution in [0.3, 0.4) is 0 Å². The van der Waals surface area contributed by atoms with Crippen LogP contribution in [0.1, 0.15) is 11.1 Å². The number of anilines is 1. The van der Waals surface area contributed by atoms with Crippen LogP contribution in [0.5, 0.6) is 11.5 Å². The van der Waals surface area contributed by atoms with E-state index in [4.69, 9.17) is 4.74 Å². The van der Waals surface area contributed by atoms with Crippen LogP contribution < -0.4 is 14.8 Å². The number of aryl methyl sites for hydroxylation is 1. The molecule has 0 aromatic heterocycles. The molecular weight excluding hydrogens is 276 g/mol. The highest BCUT2D eigenvalue weighted by Crippen LogP contribution is 2.29. The van der Waals surface area contributed by atoms with Crippen LogP contribution >= 0.6 is 0 Å². The molecule has 0 aliphatic carbocycles. The SMILES string of the molecule is COc1ccc(CNc2ccc(C)cc2)cc1OC(F)F. The number of hydrogen-bond acceptors (Lipinski definition) is 3. The molecular formula is C16H17F2NO2. The van der Waals surface area contributed by atoms with Crippen LogP contribution in [0.2, 0.25) is 0 Å². The van der Waals surface area contributed by atoms with E-state index in [0.29, 0.717) is 6.54 Å². The first-order valence-corrected chi connectivity index (χ1v) is 6.51. The van der Waals surface area contributed by atoms with Crippen molar-refractivity contribution in [1.29, 1.82) is 0 Å². The lowest BCUT2D eigenvalue weighted by Gasteiger charge is -2.12. The molecule has 0 amide bonds. The van der Waals surface area contributed by atoms with Crippen molar-refractivity contribution in [1.82, 2.24) is 0 Å². The predicted octanol–water partition coefficient (Wildman–Crippen LogP) is 4.22. The quantitative estimate of drug-likeness (QED) is 0.865. The molecule has 2 aromatic rings. The molecule has 0 saturated heterocycles. The van der Waals surface area contributed by atoms with Gasteiger partial charge >= 0.3 is 6.61 Å². The lowest BCUT2D eigenvalue weighted by atomic mass is 10.2. The van der Waals surface area contributed by atoms with Gasteiger partial charge in [-0.1, -0.05) is 23.8 Å². The van der Waals surface area contributed by atoms with Gasteiger partial charge in [-0.05, 0) is 36.8 Å². The predicted molar refractivity (Wildman–Crippen MR) is 78.1 cm³/mol. The number of hydrogen-bond donors (Lipinski definition) is 1. The molecule has 0 radical (unpaired) electrons. The third-order valence-electron chi connectivity index (χ3n) is 2.99. The zero-order valence-electron chi connectivity index (χ0n) is 11.9. The van der Waals surface area contributed by atoms with Gasteiger partial charge in [-0.2, -0.15) is 8.78 Å². The van der Waals surface area contributed by atoms with Gasteiger partial charge in [0.2, 0.25) is 0 Å². The molecule has 2 rings (SSSR count). The molecule has 0 atom stereocenters. The summed E-state index contributed by atoms with van der Waals surface area (Å²) in [6, 6.07) is 12.9. The summed E-state index contributed by atoms with van der Waals surface area (Å²) in [4.78, 5) is 0. The molecule has 0 aliphatic rings. The molecule has 3 nitrogen and oxygen atoms in total. The molecule has 0 unspecified atom stereocenters. The summed E-state index contributed by atoms with van der Waals surface area (Å²) in [6.45, 7) is -0.354. The topological polar surface area (TPSA) is 30.5 Å². The molecule has 0 saturated carbocycles. The van der Waals surface area contributed by atoms with Crippen molar-refractivity contribution >= 4 is 5.69 Å². The molecule has 2 aromatic carbocycles. The number of methoxy groups -OCH3 is 1. The Bertz CT molecular complexity index is 585. The highest BCUT2D eigenvalue weighted by atomic mass is 19.3. The number of nitrogens with one attached hydrogen (secondary N) is 1. The Hall–Kier alpha value is -2.30. The maximum Gasteiger partial charge on any atom is 0.387 e. The molecule has 0 fully saturated rings. The second kappa shape index (κ2) is 6.92. The third-order valence-corrected chi connectivity index (χ3v) is 2.99. The Labute approximate surface area is 122 Å². The minimum Gasteiger partial charge on any atom is -0.493 e. The standard InChI is InChI=1S/C16H17F2NO2/c1-11-3-6-13(7-4-11)19-10-12-5-8-14(20-2)15(9-12)21-16(17)18/h3-9,16,19H,10H2,1-2H3. The monoisotopic (exact) mass is 293 g/mol. The average Bonchev–Trinajstić information content (AvgIpc) is 2.46. The molecule has 0 bridgehead atoms. The highest BCUT2D eigenvalue weighted by molar-refractivity contribution is 5.47. The van der Waals surface area contributed by atoms with Gasteiger partial charge in [0.25, 0.3) is 0 Å². The fourth-order valence-corrected chi connectivity index (χ4v) is 1.89. The molecule has 0 spiro atoms. The maximum absolute atomic E-state index is 12.4. The van der Waals surface area contributed by atoms with E-state index in [2.05, 4.69) is 10.1 Å². The van der Waals surface area contributed by atoms with Crippen molar-refractivity contribution < 1.29 is 18.3 Å². The van der Waals surface area contributed by atoms with Gasteiger partial charge in [-0.25, -0.2) is 0 Å². The van der Waals surface area contributed by atoms with Gasteiger partial charge in [-0.15, -0.1) is 0 Å². The Morgan fingerprint density at radius 2 is 1.76 bits per heavy atom. The summed E-state index contributed by atoms with van der Waals surface area (Å²) in [5.41, 5.74) is 2.97. The first-order valence-electron chi connectivity index (χ1n) is 6.51. The van der Waals surface area contributed by atoms with Crippen LogP contribution in [-0.2, 0) is 6.54 Å². The normalized spacial score (nSPS) is 10.5. The number of alkyl halides is 2. The van der Waals surface area contributed by atoms with Gasteiger partial charge in [-0.3, -0.25) is 0 Å². The minimum atomic E-state index is -2.88. The molecule has 1 N–H and O–H groups in total. The minimum absolute atomic E-state index is 0.0377. The van der Waals surface area contributed by atoms with E-state index in [0.717, 1.165) is 11.3 Å². The van der Waals surface area contributed by atoms with Crippen molar-refractivity contribution in [2.45, 2.75) is 20.1 Å². The summed E-state index contributed by atoms with van der Waals surface area (Å²) >= 11 is 0. The van der Waals surface area contributed by atoms with Gasteiger partial charge in [0.1, 0.15) is 0 Å². The zero-order chi connectivity index (χ0) is 15.2. The van der Waals surface area contributed by atoms with Crippen LogP contribution in [0, 0.1) is 6.92 Å². The van der Waals surface area contributed by atoms with Gasteiger partial charge in [0, 0.05) is 12.2 Å². The molecule has 0 aliphatic heterocycles. The average molecular weight is 293 g/mol. The lowest BCUT2D eigenvalue weighted by Crippen LogP contribution is -2.05. The first-order chi connectivity index (χ1) is 10.1. The number of benzene rings is 2. The number of ether oxygens (including phenoxy) is 2. The van der Waals surface area contributed by atoms with Crippen molar-refractivity contribution in [3.63, 3.8) is 0 Å². The summed E-state index contributed by atoms with van der Waals surface area (Å²) in [7, 11) is 1.41. The highest BCUT2D eigenvalue weighted by Gasteiger charge is 2.11. The van der Waals surface area contributed by atoms with Crippen molar-refractivity contribution in [2.24, 2.45) is 0 Å². The summed E-state index contributed by atoms with van der Waals surface area (Å²) < 4.78 is 34.2. The number of rotatable bonds is 6. The van der Waals surface area contributed by atoms with Gasteiger partial charge in [0.15, 0.2) is 11.5 Å². The summed E-state index contributed by atoms with van der Waals surface area (Å²) in [5, 5.41) is 3.22. The molecule has 5 heteroatoms. The summed E-state index contributed by atoms with van der Waals surface area (Å²) in [5.74, 6) is 0.324. The van der Waals surface area contributed by atoms with E-state index in [1.165, 1.54) is 12.7 Å². The summed E-state index contributed by atoms with van der Waals surface area (Å²) in [6.07, 6.45) is 0. The Morgan fingerprint density at radius 3 is 2.38 bits per heavy atom. The molecule has 21 heavy (non-hydrogen) atoms. The first kappa shape index (κ1) is 15.1. The van der Waals surface area contributed by atoms with E-state index in [9.17, 15) is 8.78 Å². The second-order valence-electron chi connectivity index (χ2n) is 4.58. The van der Waals surface area contributed by atoms with E-state index < -0.39 is 6.61 Å². The Balaban J connectivity index is 2.07. The maximum atomic E-state index is 12.4. The lowest BCUT2D eigenvalue weighted by molar-refractivity contribution is -0.0512. The van der Waals surface area contributed by atoms with E-state index in [1.54, 1.807) is 18.2 Å². The van der Waals surface area contributed by atoms with Crippen LogP contribution in [-0.4, -0.2) is 13.7 Å². The van der Waals surface area contributed by atoms with Crippen molar-refractivity contribution in [3.05, 3.63) is 53.6 Å². The zero-order valence-corrected chi connectivity index (χ0v) is 11.9. The van der Waals surface area contributed by atoms with Gasteiger partial charge < -0.3 is 14.8 Å². The van der Waals surface area contributed by atoms with Crippen LogP contribution in [0.25, 0.3) is 0 Å².